The molecule has 0 aromatic heterocycles. The van der Waals surface area contributed by atoms with Crippen LogP contribution in [0.5, 0.6) is 0 Å². The van der Waals surface area contributed by atoms with Crippen molar-refractivity contribution in [3.8, 4) is 0 Å². The molecule has 0 heterocycles. The first-order chi connectivity index (χ1) is 7.35. The Morgan fingerprint density at radius 2 is 1.50 bits per heavy atom. The molecule has 0 aromatic carbocycles. The Balaban J connectivity index is 4.16. The Morgan fingerprint density at radius 3 is 1.94 bits per heavy atom. The van der Waals surface area contributed by atoms with Crippen molar-refractivity contribution < 1.29 is 0 Å². The van der Waals surface area contributed by atoms with Gasteiger partial charge in [0.2, 0.25) is 0 Å². The van der Waals surface area contributed by atoms with Crippen molar-refractivity contribution in [1.82, 2.24) is 0 Å². The van der Waals surface area contributed by atoms with Crippen LogP contribution in [0.2, 0.25) is 0 Å². The molecular formula is C16H34. The van der Waals surface area contributed by atoms with Gasteiger partial charge in [-0.2, -0.15) is 0 Å². The maximum Gasteiger partial charge on any atom is -0.0328 e. The van der Waals surface area contributed by atoms with Gasteiger partial charge in [0.05, 0.1) is 0 Å². The summed E-state index contributed by atoms with van der Waals surface area (Å²) in [6.45, 7) is 16.8. The first kappa shape index (κ1) is 16.0. The van der Waals surface area contributed by atoms with E-state index >= 15 is 0 Å². The predicted molar refractivity (Wildman–Crippen MR) is 75.7 cm³/mol. The number of hydrogen-bond acceptors (Lipinski definition) is 0. The molecule has 0 spiro atoms. The van der Waals surface area contributed by atoms with Crippen LogP contribution in [-0.2, 0) is 0 Å². The summed E-state index contributed by atoms with van der Waals surface area (Å²) in [5.41, 5.74) is 0.526. The van der Waals surface area contributed by atoms with Gasteiger partial charge in [-0.15, -0.1) is 0 Å². The Labute approximate surface area is 104 Å². The lowest BCUT2D eigenvalue weighted by Gasteiger charge is -2.35. The van der Waals surface area contributed by atoms with E-state index in [0.717, 1.165) is 17.8 Å². The average molecular weight is 226 g/mol. The fraction of sp³-hybridized carbons (Fsp3) is 1.00. The second-order valence-corrected chi connectivity index (χ2v) is 6.59. The Morgan fingerprint density at radius 1 is 0.938 bits per heavy atom. The maximum atomic E-state index is 2.46. The fourth-order valence-corrected chi connectivity index (χ4v) is 2.39. The Bertz CT molecular complexity index is 169. The third-order valence-electron chi connectivity index (χ3n) is 4.85. The molecule has 0 N–H and O–H groups in total. The molecule has 98 valence electrons. The smallest absolute Gasteiger partial charge is 0.0328 e. The van der Waals surface area contributed by atoms with Crippen molar-refractivity contribution in [3.63, 3.8) is 0 Å². The lowest BCUT2D eigenvalue weighted by atomic mass is 9.71. The standard InChI is InChI=1S/C16H34/c1-8-10-11-16(6,7)15(5)12-14(4)13(3)9-2/h13-15H,8-12H2,1-7H3. The van der Waals surface area contributed by atoms with Crippen molar-refractivity contribution >= 4 is 0 Å². The van der Waals surface area contributed by atoms with Crippen molar-refractivity contribution in [1.29, 1.82) is 0 Å². The van der Waals surface area contributed by atoms with E-state index in [-0.39, 0.29) is 0 Å². The molecule has 16 heavy (non-hydrogen) atoms. The van der Waals surface area contributed by atoms with Crippen LogP contribution in [0.25, 0.3) is 0 Å². The Kier molecular flexibility index (Phi) is 7.35. The normalized spacial score (nSPS) is 18.2. The first-order valence-electron chi connectivity index (χ1n) is 7.35. The monoisotopic (exact) mass is 226 g/mol. The minimum atomic E-state index is 0.526. The first-order valence-corrected chi connectivity index (χ1v) is 7.35. The van der Waals surface area contributed by atoms with E-state index in [2.05, 4.69) is 48.5 Å². The van der Waals surface area contributed by atoms with Gasteiger partial charge in [0.15, 0.2) is 0 Å². The number of hydrogen-bond donors (Lipinski definition) is 0. The van der Waals surface area contributed by atoms with E-state index in [1.807, 2.05) is 0 Å². The van der Waals surface area contributed by atoms with E-state index in [0.29, 0.717) is 5.41 Å². The zero-order chi connectivity index (χ0) is 12.8. The van der Waals surface area contributed by atoms with E-state index in [4.69, 9.17) is 0 Å². The highest BCUT2D eigenvalue weighted by Gasteiger charge is 2.27. The third kappa shape index (κ3) is 5.37. The maximum absolute atomic E-state index is 2.46. The largest absolute Gasteiger partial charge is 0.0654 e. The SMILES string of the molecule is CCCCC(C)(C)C(C)CC(C)C(C)CC. The van der Waals surface area contributed by atoms with Gasteiger partial charge >= 0.3 is 0 Å². The molecule has 0 fully saturated rings. The third-order valence-corrected chi connectivity index (χ3v) is 4.85. The van der Waals surface area contributed by atoms with Gasteiger partial charge in [-0.05, 0) is 36.0 Å². The van der Waals surface area contributed by atoms with Crippen LogP contribution < -0.4 is 0 Å². The van der Waals surface area contributed by atoms with Gasteiger partial charge in [-0.1, -0.05) is 67.7 Å². The minimum absolute atomic E-state index is 0.526. The molecule has 0 saturated carbocycles. The Hall–Kier alpha value is 0. The van der Waals surface area contributed by atoms with Gasteiger partial charge in [-0.25, -0.2) is 0 Å². The van der Waals surface area contributed by atoms with Gasteiger partial charge < -0.3 is 0 Å². The van der Waals surface area contributed by atoms with Gasteiger partial charge in [0.1, 0.15) is 0 Å². The summed E-state index contributed by atoms with van der Waals surface area (Å²) in [4.78, 5) is 0. The van der Waals surface area contributed by atoms with Gasteiger partial charge in [0.25, 0.3) is 0 Å². The van der Waals surface area contributed by atoms with Crippen molar-refractivity contribution in [3.05, 3.63) is 0 Å². The molecule has 0 nitrogen and oxygen atoms in total. The summed E-state index contributed by atoms with van der Waals surface area (Å²) < 4.78 is 0. The molecule has 0 heteroatoms. The van der Waals surface area contributed by atoms with Gasteiger partial charge in [0, 0.05) is 0 Å². The topological polar surface area (TPSA) is 0 Å². The predicted octanol–water partition coefficient (Wildman–Crippen LogP) is 5.91. The van der Waals surface area contributed by atoms with Crippen molar-refractivity contribution in [2.45, 2.75) is 80.6 Å². The van der Waals surface area contributed by atoms with E-state index in [1.54, 1.807) is 0 Å². The highest BCUT2D eigenvalue weighted by atomic mass is 14.3. The summed E-state index contributed by atoms with van der Waals surface area (Å²) >= 11 is 0. The van der Waals surface area contributed by atoms with Crippen LogP contribution in [0.3, 0.4) is 0 Å². The van der Waals surface area contributed by atoms with E-state index < -0.39 is 0 Å². The van der Waals surface area contributed by atoms with E-state index in [1.165, 1.54) is 32.1 Å². The molecule has 0 radical (unpaired) electrons. The van der Waals surface area contributed by atoms with Crippen LogP contribution in [0.15, 0.2) is 0 Å². The van der Waals surface area contributed by atoms with Crippen LogP contribution >= 0.6 is 0 Å². The number of rotatable bonds is 8. The lowest BCUT2D eigenvalue weighted by molar-refractivity contribution is 0.158. The average Bonchev–Trinajstić information content (AvgIpc) is 2.24. The molecule has 0 saturated heterocycles. The molecule has 3 atom stereocenters. The number of unbranched alkanes of at least 4 members (excludes halogenated alkanes) is 1. The molecule has 0 rings (SSSR count). The summed E-state index contributed by atoms with van der Waals surface area (Å²) in [7, 11) is 0. The lowest BCUT2D eigenvalue weighted by Crippen LogP contribution is -2.25. The molecule has 0 aliphatic heterocycles. The van der Waals surface area contributed by atoms with Crippen LogP contribution in [0.1, 0.15) is 80.6 Å². The molecule has 3 unspecified atom stereocenters. The molecule has 0 aliphatic carbocycles. The molecule has 0 amide bonds. The molecule has 0 aromatic rings. The minimum Gasteiger partial charge on any atom is -0.0654 e. The fourth-order valence-electron chi connectivity index (χ4n) is 2.39. The van der Waals surface area contributed by atoms with Crippen LogP contribution in [0, 0.1) is 23.2 Å². The van der Waals surface area contributed by atoms with Crippen molar-refractivity contribution in [2.75, 3.05) is 0 Å². The van der Waals surface area contributed by atoms with Crippen LogP contribution in [-0.4, -0.2) is 0 Å². The summed E-state index contributed by atoms with van der Waals surface area (Å²) in [6, 6.07) is 0. The summed E-state index contributed by atoms with van der Waals surface area (Å²) in [6.07, 6.45) is 6.82. The summed E-state index contributed by atoms with van der Waals surface area (Å²) in [5.74, 6) is 2.60. The second kappa shape index (κ2) is 7.35. The van der Waals surface area contributed by atoms with Gasteiger partial charge in [-0.3, -0.25) is 0 Å². The molecule has 0 bridgehead atoms. The zero-order valence-electron chi connectivity index (χ0n) is 12.8. The van der Waals surface area contributed by atoms with Crippen molar-refractivity contribution in [2.24, 2.45) is 23.2 Å². The molecular weight excluding hydrogens is 192 g/mol. The molecule has 0 aliphatic rings. The highest BCUT2D eigenvalue weighted by molar-refractivity contribution is 4.77. The summed E-state index contributed by atoms with van der Waals surface area (Å²) in [5, 5.41) is 0. The second-order valence-electron chi connectivity index (χ2n) is 6.59. The zero-order valence-corrected chi connectivity index (χ0v) is 12.8. The highest BCUT2D eigenvalue weighted by Crippen LogP contribution is 2.37. The van der Waals surface area contributed by atoms with Crippen LogP contribution in [0.4, 0.5) is 0 Å². The van der Waals surface area contributed by atoms with E-state index in [9.17, 15) is 0 Å². The quantitative estimate of drug-likeness (QED) is 0.482.